The average molecular weight is 720 g/mol. The standard InChI is InChI=1S/C51H37N5/c1-50(2)41-23-12-24-52-45(41)39-27-43-40(28-42(39)50)46-44(51(43,3)4)26-34(29-53-46)48-54-47(55-49(56-48)38-22-11-16-31-14-6-8-20-36(31)38)33-18-9-17-32(25-33)37-21-10-15-30-13-5-7-19-35(30)37/h5-29H,1-4H3. The second-order valence-electron chi connectivity index (χ2n) is 16.2. The molecule has 266 valence electrons. The fraction of sp³-hybridized carbons (Fsp3) is 0.118. The molecule has 3 aromatic heterocycles. The Morgan fingerprint density at radius 2 is 0.929 bits per heavy atom. The highest BCUT2D eigenvalue weighted by Gasteiger charge is 2.43. The van der Waals surface area contributed by atoms with Crippen LogP contribution in [0.5, 0.6) is 0 Å². The quantitative estimate of drug-likeness (QED) is 0.181. The van der Waals surface area contributed by atoms with E-state index in [2.05, 4.69) is 161 Å². The zero-order valence-electron chi connectivity index (χ0n) is 31.7. The van der Waals surface area contributed by atoms with Gasteiger partial charge in [0.1, 0.15) is 0 Å². The van der Waals surface area contributed by atoms with Gasteiger partial charge >= 0.3 is 0 Å². The van der Waals surface area contributed by atoms with E-state index in [4.69, 9.17) is 24.9 Å². The SMILES string of the molecule is CC1(C)c2cc3c(cc2-c2ncccc21)C(C)(C)c1cc(-c2nc(-c4cccc(-c5cccc6ccccc56)c4)nc(-c4cccc5ccccc45)n2)cnc1-3. The first-order valence-electron chi connectivity index (χ1n) is 19.2. The molecule has 0 spiro atoms. The average Bonchev–Trinajstić information content (AvgIpc) is 3.61. The number of pyridine rings is 2. The van der Waals surface area contributed by atoms with E-state index in [0.29, 0.717) is 17.5 Å². The van der Waals surface area contributed by atoms with Crippen LogP contribution >= 0.6 is 0 Å². The van der Waals surface area contributed by atoms with E-state index in [-0.39, 0.29) is 10.8 Å². The van der Waals surface area contributed by atoms with Gasteiger partial charge in [0, 0.05) is 51.0 Å². The molecule has 0 aliphatic heterocycles. The van der Waals surface area contributed by atoms with E-state index in [1.54, 1.807) is 0 Å². The summed E-state index contributed by atoms with van der Waals surface area (Å²) in [5.41, 5.74) is 14.1. The minimum absolute atomic E-state index is 0.148. The van der Waals surface area contributed by atoms with Crippen LogP contribution in [0.1, 0.15) is 49.9 Å². The predicted molar refractivity (Wildman–Crippen MR) is 227 cm³/mol. The van der Waals surface area contributed by atoms with Gasteiger partial charge in [0.25, 0.3) is 0 Å². The number of nitrogens with zero attached hydrogens (tertiary/aromatic N) is 5. The summed E-state index contributed by atoms with van der Waals surface area (Å²) in [6, 6.07) is 49.5. The van der Waals surface area contributed by atoms with Gasteiger partial charge in [0.15, 0.2) is 17.5 Å². The first-order chi connectivity index (χ1) is 27.3. The van der Waals surface area contributed by atoms with Crippen LogP contribution in [0.15, 0.2) is 152 Å². The Labute approximate surface area is 325 Å². The number of hydrogen-bond acceptors (Lipinski definition) is 5. The highest BCUT2D eigenvalue weighted by Crippen LogP contribution is 2.55. The maximum absolute atomic E-state index is 5.22. The number of aromatic nitrogens is 5. The van der Waals surface area contributed by atoms with Crippen molar-refractivity contribution in [3.63, 3.8) is 0 Å². The van der Waals surface area contributed by atoms with Crippen molar-refractivity contribution >= 4 is 21.5 Å². The van der Waals surface area contributed by atoms with Gasteiger partial charge in [-0.05, 0) is 85.3 Å². The lowest BCUT2D eigenvalue weighted by Gasteiger charge is -2.24. The molecule has 2 aliphatic rings. The largest absolute Gasteiger partial charge is 0.256 e. The molecule has 0 radical (unpaired) electrons. The molecule has 2 aliphatic carbocycles. The van der Waals surface area contributed by atoms with Crippen LogP contribution < -0.4 is 0 Å². The minimum Gasteiger partial charge on any atom is -0.256 e. The first-order valence-corrected chi connectivity index (χ1v) is 19.2. The highest BCUT2D eigenvalue weighted by molar-refractivity contribution is 5.98. The van der Waals surface area contributed by atoms with Crippen molar-refractivity contribution < 1.29 is 0 Å². The summed E-state index contributed by atoms with van der Waals surface area (Å²) in [6.45, 7) is 9.20. The summed E-state index contributed by atoms with van der Waals surface area (Å²) in [6.07, 6.45) is 3.84. The zero-order valence-corrected chi connectivity index (χ0v) is 31.7. The summed E-state index contributed by atoms with van der Waals surface area (Å²) < 4.78 is 0. The lowest BCUT2D eigenvalue weighted by Crippen LogP contribution is -2.17. The highest BCUT2D eigenvalue weighted by atomic mass is 15.0. The van der Waals surface area contributed by atoms with Gasteiger partial charge in [0.2, 0.25) is 0 Å². The molecule has 56 heavy (non-hydrogen) atoms. The molecule has 0 bridgehead atoms. The molecule has 0 unspecified atom stereocenters. The number of fused-ring (bicyclic) bond motifs is 8. The molecular formula is C51H37N5. The van der Waals surface area contributed by atoms with Crippen molar-refractivity contribution in [2.24, 2.45) is 0 Å². The topological polar surface area (TPSA) is 64.5 Å². The first kappa shape index (κ1) is 32.6. The van der Waals surface area contributed by atoms with Crippen molar-refractivity contribution in [1.29, 1.82) is 0 Å². The lowest BCUT2D eigenvalue weighted by atomic mass is 9.79. The minimum atomic E-state index is -0.300. The zero-order chi connectivity index (χ0) is 37.8. The smallest absolute Gasteiger partial charge is 0.165 e. The molecule has 3 heterocycles. The van der Waals surface area contributed by atoms with Crippen LogP contribution in [0.3, 0.4) is 0 Å². The molecular weight excluding hydrogens is 683 g/mol. The summed E-state index contributed by atoms with van der Waals surface area (Å²) in [4.78, 5) is 25.7. The predicted octanol–water partition coefficient (Wildman–Crippen LogP) is 12.2. The van der Waals surface area contributed by atoms with E-state index in [0.717, 1.165) is 44.4 Å². The fourth-order valence-electron chi connectivity index (χ4n) is 9.20. The molecule has 0 saturated heterocycles. The van der Waals surface area contributed by atoms with E-state index >= 15 is 0 Å². The van der Waals surface area contributed by atoms with Crippen molar-refractivity contribution in [3.8, 4) is 67.8 Å². The molecule has 0 N–H and O–H groups in total. The molecule has 0 amide bonds. The third kappa shape index (κ3) is 4.77. The Hall–Kier alpha value is -6.85. The molecule has 9 aromatic rings. The van der Waals surface area contributed by atoms with Gasteiger partial charge in [-0.15, -0.1) is 0 Å². The summed E-state index contributed by atoms with van der Waals surface area (Å²) >= 11 is 0. The Morgan fingerprint density at radius 3 is 1.66 bits per heavy atom. The molecule has 0 atom stereocenters. The van der Waals surface area contributed by atoms with E-state index in [1.165, 1.54) is 49.7 Å². The number of rotatable bonds is 4. The molecule has 0 saturated carbocycles. The molecule has 5 nitrogen and oxygen atoms in total. The Kier molecular flexibility index (Phi) is 6.88. The summed E-state index contributed by atoms with van der Waals surface area (Å²) in [7, 11) is 0. The van der Waals surface area contributed by atoms with Crippen LogP contribution in [-0.4, -0.2) is 24.9 Å². The molecule has 0 fully saturated rings. The van der Waals surface area contributed by atoms with Crippen molar-refractivity contribution in [1.82, 2.24) is 24.9 Å². The van der Waals surface area contributed by atoms with E-state index in [9.17, 15) is 0 Å². The second-order valence-corrected chi connectivity index (χ2v) is 16.2. The van der Waals surface area contributed by atoms with Crippen LogP contribution in [0.25, 0.3) is 89.4 Å². The van der Waals surface area contributed by atoms with Gasteiger partial charge in [-0.2, -0.15) is 0 Å². The van der Waals surface area contributed by atoms with E-state index in [1.807, 2.05) is 18.5 Å². The molecule has 5 heteroatoms. The number of hydrogen-bond donors (Lipinski definition) is 0. The monoisotopic (exact) mass is 719 g/mol. The fourth-order valence-corrected chi connectivity index (χ4v) is 9.20. The Morgan fingerprint density at radius 1 is 0.375 bits per heavy atom. The van der Waals surface area contributed by atoms with Crippen molar-refractivity contribution in [2.45, 2.75) is 38.5 Å². The maximum atomic E-state index is 5.22. The number of benzene rings is 6. The van der Waals surface area contributed by atoms with Crippen molar-refractivity contribution in [3.05, 3.63) is 174 Å². The van der Waals surface area contributed by atoms with Gasteiger partial charge in [-0.3, -0.25) is 9.97 Å². The third-order valence-corrected chi connectivity index (χ3v) is 12.2. The third-order valence-electron chi connectivity index (χ3n) is 12.2. The van der Waals surface area contributed by atoms with E-state index < -0.39 is 0 Å². The van der Waals surface area contributed by atoms with Crippen LogP contribution in [-0.2, 0) is 10.8 Å². The normalized spacial score (nSPS) is 14.4. The van der Waals surface area contributed by atoms with Crippen LogP contribution in [0, 0.1) is 0 Å². The van der Waals surface area contributed by atoms with Gasteiger partial charge < -0.3 is 0 Å². The summed E-state index contributed by atoms with van der Waals surface area (Å²) in [5, 5.41) is 4.65. The van der Waals surface area contributed by atoms with Crippen molar-refractivity contribution in [2.75, 3.05) is 0 Å². The van der Waals surface area contributed by atoms with Crippen LogP contribution in [0.4, 0.5) is 0 Å². The lowest BCUT2D eigenvalue weighted by molar-refractivity contribution is 0.651. The van der Waals surface area contributed by atoms with Gasteiger partial charge in [-0.1, -0.05) is 137 Å². The van der Waals surface area contributed by atoms with Crippen LogP contribution in [0.2, 0.25) is 0 Å². The van der Waals surface area contributed by atoms with Gasteiger partial charge in [0.05, 0.1) is 11.4 Å². The maximum Gasteiger partial charge on any atom is 0.165 e. The Balaban J connectivity index is 1.08. The molecule has 11 rings (SSSR count). The second kappa shape index (κ2) is 11.8. The van der Waals surface area contributed by atoms with Gasteiger partial charge in [-0.25, -0.2) is 15.0 Å². The summed E-state index contributed by atoms with van der Waals surface area (Å²) in [5.74, 6) is 1.84. The molecule has 6 aromatic carbocycles. The Bertz CT molecular complexity index is 3090.